The zero-order chi connectivity index (χ0) is 9.52. The van der Waals surface area contributed by atoms with Crippen molar-refractivity contribution in [3.05, 3.63) is 47.5 Å². The van der Waals surface area contributed by atoms with Gasteiger partial charge in [-0.25, -0.2) is 0 Å². The smallest absolute Gasteiger partial charge is 0.0639 e. The van der Waals surface area contributed by atoms with Gasteiger partial charge in [0.05, 0.1) is 6.54 Å². The lowest BCUT2D eigenvalue weighted by atomic mass is 10.2. The molecular formula is C12H15N. The topological polar surface area (TPSA) is 12.4 Å². The minimum Gasteiger partial charge on any atom is -0.288 e. The van der Waals surface area contributed by atoms with E-state index in [2.05, 4.69) is 30.1 Å². The molecule has 1 rings (SSSR count). The molecule has 0 spiro atoms. The van der Waals surface area contributed by atoms with E-state index in [0.717, 1.165) is 6.54 Å². The molecule has 0 fully saturated rings. The van der Waals surface area contributed by atoms with Crippen LogP contribution < -0.4 is 0 Å². The minimum absolute atomic E-state index is 0.770. The molecule has 0 saturated heterocycles. The summed E-state index contributed by atoms with van der Waals surface area (Å²) in [5, 5.41) is 0. The summed E-state index contributed by atoms with van der Waals surface area (Å²) >= 11 is 0. The Kier molecular flexibility index (Phi) is 3.97. The van der Waals surface area contributed by atoms with Crippen molar-refractivity contribution in [2.75, 3.05) is 0 Å². The molecule has 13 heavy (non-hydrogen) atoms. The van der Waals surface area contributed by atoms with Gasteiger partial charge in [-0.2, -0.15) is 0 Å². The third kappa shape index (κ3) is 3.70. The molecule has 68 valence electrons. The molecule has 0 aliphatic rings. The number of allylic oxidation sites excluding steroid dienone is 2. The molecule has 1 aromatic rings. The van der Waals surface area contributed by atoms with Crippen molar-refractivity contribution in [2.45, 2.75) is 20.4 Å². The molecule has 0 amide bonds. The normalized spacial score (nSPS) is 12.3. The molecule has 0 heterocycles. The van der Waals surface area contributed by atoms with Crippen molar-refractivity contribution in [2.24, 2.45) is 4.99 Å². The Hall–Kier alpha value is -1.37. The second-order valence-electron chi connectivity index (χ2n) is 2.99. The predicted octanol–water partition coefficient (Wildman–Crippen LogP) is 3.22. The van der Waals surface area contributed by atoms with E-state index in [0.29, 0.717) is 0 Å². The number of hydrogen-bond acceptors (Lipinski definition) is 1. The first-order chi connectivity index (χ1) is 6.33. The van der Waals surface area contributed by atoms with E-state index in [1.165, 1.54) is 11.1 Å². The molecule has 0 radical (unpaired) electrons. The number of nitrogens with zero attached hydrogens (tertiary/aromatic N) is 1. The predicted molar refractivity (Wildman–Crippen MR) is 58.1 cm³/mol. The summed E-state index contributed by atoms with van der Waals surface area (Å²) in [6.07, 6.45) is 3.96. The highest BCUT2D eigenvalue weighted by atomic mass is 14.7. The van der Waals surface area contributed by atoms with Gasteiger partial charge in [0.1, 0.15) is 0 Å². The maximum absolute atomic E-state index is 4.32. The Bertz CT molecular complexity index is 296. The van der Waals surface area contributed by atoms with Crippen LogP contribution in [-0.2, 0) is 6.54 Å². The van der Waals surface area contributed by atoms with Crippen molar-refractivity contribution < 1.29 is 0 Å². The standard InChI is InChI=1S/C12H15N/c1-3-11(2)9-13-10-12-7-5-4-6-8-12/h3-9H,10H2,1-2H3/b11-3+,13-9?. The van der Waals surface area contributed by atoms with Crippen LogP contribution >= 0.6 is 0 Å². The molecule has 0 aliphatic carbocycles. The van der Waals surface area contributed by atoms with Crippen LogP contribution in [0.5, 0.6) is 0 Å². The zero-order valence-corrected chi connectivity index (χ0v) is 8.20. The van der Waals surface area contributed by atoms with Crippen LogP contribution in [0.3, 0.4) is 0 Å². The highest BCUT2D eigenvalue weighted by Gasteiger charge is 1.85. The van der Waals surface area contributed by atoms with E-state index in [-0.39, 0.29) is 0 Å². The van der Waals surface area contributed by atoms with E-state index in [4.69, 9.17) is 0 Å². The lowest BCUT2D eigenvalue weighted by molar-refractivity contribution is 1.08. The van der Waals surface area contributed by atoms with Gasteiger partial charge in [-0.15, -0.1) is 0 Å². The fourth-order valence-corrected chi connectivity index (χ4v) is 0.953. The molecule has 0 aliphatic heterocycles. The van der Waals surface area contributed by atoms with E-state index in [9.17, 15) is 0 Å². The molecule has 0 aromatic heterocycles. The van der Waals surface area contributed by atoms with Crippen LogP contribution in [-0.4, -0.2) is 6.21 Å². The molecule has 1 nitrogen and oxygen atoms in total. The maximum Gasteiger partial charge on any atom is 0.0639 e. The summed E-state index contributed by atoms with van der Waals surface area (Å²) in [7, 11) is 0. The van der Waals surface area contributed by atoms with Crippen LogP contribution in [0.2, 0.25) is 0 Å². The summed E-state index contributed by atoms with van der Waals surface area (Å²) in [4.78, 5) is 4.32. The molecule has 1 heteroatoms. The fraction of sp³-hybridized carbons (Fsp3) is 0.250. The summed E-state index contributed by atoms with van der Waals surface area (Å²) in [6, 6.07) is 10.3. The number of rotatable bonds is 3. The average molecular weight is 173 g/mol. The van der Waals surface area contributed by atoms with E-state index < -0.39 is 0 Å². The van der Waals surface area contributed by atoms with Gasteiger partial charge in [-0.05, 0) is 25.0 Å². The zero-order valence-electron chi connectivity index (χ0n) is 8.20. The summed E-state index contributed by atoms with van der Waals surface area (Å²) in [5.41, 5.74) is 2.46. The van der Waals surface area contributed by atoms with Gasteiger partial charge in [-0.3, -0.25) is 4.99 Å². The van der Waals surface area contributed by atoms with Gasteiger partial charge in [0.2, 0.25) is 0 Å². The third-order valence-corrected chi connectivity index (χ3v) is 1.87. The monoisotopic (exact) mass is 173 g/mol. The van der Waals surface area contributed by atoms with Crippen LogP contribution in [0, 0.1) is 0 Å². The molecule has 1 aromatic carbocycles. The number of benzene rings is 1. The quantitative estimate of drug-likeness (QED) is 0.622. The Balaban J connectivity index is 2.48. The highest BCUT2D eigenvalue weighted by molar-refractivity contribution is 5.77. The second-order valence-corrected chi connectivity index (χ2v) is 2.99. The second kappa shape index (κ2) is 5.31. The van der Waals surface area contributed by atoms with Gasteiger partial charge in [0.25, 0.3) is 0 Å². The molecule has 0 bridgehead atoms. The van der Waals surface area contributed by atoms with Crippen molar-refractivity contribution >= 4 is 6.21 Å². The fourth-order valence-electron chi connectivity index (χ4n) is 0.953. The van der Waals surface area contributed by atoms with Crippen molar-refractivity contribution in [1.82, 2.24) is 0 Å². The van der Waals surface area contributed by atoms with Crippen molar-refractivity contribution in [1.29, 1.82) is 0 Å². The summed E-state index contributed by atoms with van der Waals surface area (Å²) < 4.78 is 0. The lowest BCUT2D eigenvalue weighted by Gasteiger charge is -1.94. The molecule has 0 atom stereocenters. The summed E-state index contributed by atoms with van der Waals surface area (Å²) in [6.45, 7) is 4.84. The SMILES string of the molecule is C/C=C(\C)C=NCc1ccccc1. The van der Waals surface area contributed by atoms with Gasteiger partial charge in [0.15, 0.2) is 0 Å². The first kappa shape index (κ1) is 9.72. The van der Waals surface area contributed by atoms with Gasteiger partial charge in [-0.1, -0.05) is 36.4 Å². The molecule has 0 saturated carbocycles. The summed E-state index contributed by atoms with van der Waals surface area (Å²) in [5.74, 6) is 0. The van der Waals surface area contributed by atoms with Crippen LogP contribution in [0.25, 0.3) is 0 Å². The Labute approximate surface area is 79.8 Å². The van der Waals surface area contributed by atoms with Crippen molar-refractivity contribution in [3.63, 3.8) is 0 Å². The van der Waals surface area contributed by atoms with Crippen LogP contribution in [0.4, 0.5) is 0 Å². The van der Waals surface area contributed by atoms with Crippen LogP contribution in [0.15, 0.2) is 47.0 Å². The Morgan fingerprint density at radius 1 is 1.31 bits per heavy atom. The largest absolute Gasteiger partial charge is 0.288 e. The third-order valence-electron chi connectivity index (χ3n) is 1.87. The Morgan fingerprint density at radius 3 is 2.62 bits per heavy atom. The van der Waals surface area contributed by atoms with Gasteiger partial charge >= 0.3 is 0 Å². The molecule has 0 unspecified atom stereocenters. The lowest BCUT2D eigenvalue weighted by Crippen LogP contribution is -1.82. The molecular weight excluding hydrogens is 158 g/mol. The Morgan fingerprint density at radius 2 is 2.00 bits per heavy atom. The van der Waals surface area contributed by atoms with E-state index in [1.807, 2.05) is 31.3 Å². The maximum atomic E-state index is 4.32. The minimum atomic E-state index is 0.770. The highest BCUT2D eigenvalue weighted by Crippen LogP contribution is 2.00. The molecule has 0 N–H and O–H groups in total. The number of aliphatic imine (C=N–C) groups is 1. The van der Waals surface area contributed by atoms with E-state index >= 15 is 0 Å². The first-order valence-corrected chi connectivity index (χ1v) is 4.49. The van der Waals surface area contributed by atoms with Crippen LogP contribution in [0.1, 0.15) is 19.4 Å². The van der Waals surface area contributed by atoms with Crippen molar-refractivity contribution in [3.8, 4) is 0 Å². The van der Waals surface area contributed by atoms with E-state index in [1.54, 1.807) is 0 Å². The number of hydrogen-bond donors (Lipinski definition) is 0. The van der Waals surface area contributed by atoms with Gasteiger partial charge in [0, 0.05) is 6.21 Å². The average Bonchev–Trinajstić information content (AvgIpc) is 2.19. The first-order valence-electron chi connectivity index (χ1n) is 4.49. The van der Waals surface area contributed by atoms with Gasteiger partial charge < -0.3 is 0 Å².